The van der Waals surface area contributed by atoms with E-state index in [1.54, 1.807) is 25.4 Å². The number of carbonyl (C=O) groups is 1. The van der Waals surface area contributed by atoms with Crippen LogP contribution < -0.4 is 5.32 Å². The van der Waals surface area contributed by atoms with E-state index in [0.717, 1.165) is 10.5 Å². The second-order valence-corrected chi connectivity index (χ2v) is 6.86. The number of anilines is 1. The van der Waals surface area contributed by atoms with Gasteiger partial charge >= 0.3 is 0 Å². The summed E-state index contributed by atoms with van der Waals surface area (Å²) in [5.41, 5.74) is 2.37. The predicted molar refractivity (Wildman–Crippen MR) is 103 cm³/mol. The Morgan fingerprint density at radius 3 is 2.44 bits per heavy atom. The largest absolute Gasteiger partial charge is 0.322 e. The molecule has 0 atom stereocenters. The molecule has 2 aromatic carbocycles. The molecule has 136 valence electrons. The Kier molecular flexibility index (Phi) is 5.46. The number of benzene rings is 2. The second kappa shape index (κ2) is 7.96. The number of nitro benzene ring substituents is 1. The van der Waals surface area contributed by atoms with Crippen molar-refractivity contribution in [1.82, 2.24) is 9.97 Å². The number of rotatable bonds is 5. The second-order valence-electron chi connectivity index (χ2n) is 5.82. The maximum atomic E-state index is 12.5. The topological polar surface area (TPSA) is 98.0 Å². The third-order valence-electron chi connectivity index (χ3n) is 3.85. The van der Waals surface area contributed by atoms with Crippen LogP contribution >= 0.6 is 11.8 Å². The Hall–Kier alpha value is -3.26. The predicted octanol–water partition coefficient (Wildman–Crippen LogP) is 4.41. The lowest BCUT2D eigenvalue weighted by Crippen LogP contribution is -2.13. The zero-order valence-electron chi connectivity index (χ0n) is 14.7. The average molecular weight is 380 g/mol. The smallest absolute Gasteiger partial charge is 0.272 e. The Morgan fingerprint density at radius 2 is 1.81 bits per heavy atom. The van der Waals surface area contributed by atoms with Crippen molar-refractivity contribution in [2.75, 3.05) is 5.32 Å². The van der Waals surface area contributed by atoms with Gasteiger partial charge in [0.05, 0.1) is 4.92 Å². The summed E-state index contributed by atoms with van der Waals surface area (Å²) in [6.07, 6.45) is 3.37. The van der Waals surface area contributed by atoms with Gasteiger partial charge in [-0.05, 0) is 67.6 Å². The molecule has 0 aliphatic carbocycles. The van der Waals surface area contributed by atoms with Gasteiger partial charge in [-0.1, -0.05) is 0 Å². The van der Waals surface area contributed by atoms with Crippen LogP contribution in [0.1, 0.15) is 21.5 Å². The minimum Gasteiger partial charge on any atom is -0.322 e. The van der Waals surface area contributed by atoms with Gasteiger partial charge in [0, 0.05) is 40.2 Å². The molecule has 3 aromatic rings. The molecule has 1 aromatic heterocycles. The molecule has 1 amide bonds. The molecular formula is C19H16N4O3S. The highest BCUT2D eigenvalue weighted by Crippen LogP contribution is 2.28. The molecule has 8 heteroatoms. The first-order valence-electron chi connectivity index (χ1n) is 8.06. The SMILES string of the molecule is Cc1cc(Sc2ncccn2)ccc1NC(=O)c1ccc([N+](=O)[O-])c(C)c1. The van der Waals surface area contributed by atoms with Gasteiger partial charge in [-0.15, -0.1) is 0 Å². The van der Waals surface area contributed by atoms with Gasteiger partial charge in [-0.25, -0.2) is 9.97 Å². The molecule has 27 heavy (non-hydrogen) atoms. The molecule has 0 bridgehead atoms. The highest BCUT2D eigenvalue weighted by molar-refractivity contribution is 7.99. The van der Waals surface area contributed by atoms with Gasteiger partial charge in [0.15, 0.2) is 5.16 Å². The summed E-state index contributed by atoms with van der Waals surface area (Å²) in [6, 6.07) is 11.7. The van der Waals surface area contributed by atoms with Gasteiger partial charge in [0.2, 0.25) is 0 Å². The van der Waals surface area contributed by atoms with E-state index in [2.05, 4.69) is 15.3 Å². The number of nitrogens with one attached hydrogen (secondary N) is 1. The number of aryl methyl sites for hydroxylation is 2. The molecule has 0 unspecified atom stereocenters. The lowest BCUT2D eigenvalue weighted by atomic mass is 10.1. The molecular weight excluding hydrogens is 364 g/mol. The van der Waals surface area contributed by atoms with Gasteiger partial charge in [-0.3, -0.25) is 14.9 Å². The van der Waals surface area contributed by atoms with Crippen molar-refractivity contribution in [1.29, 1.82) is 0 Å². The maximum absolute atomic E-state index is 12.5. The summed E-state index contributed by atoms with van der Waals surface area (Å²) < 4.78 is 0. The summed E-state index contributed by atoms with van der Waals surface area (Å²) in [5.74, 6) is -0.317. The number of nitro groups is 1. The van der Waals surface area contributed by atoms with Crippen LogP contribution in [0.5, 0.6) is 0 Å². The lowest BCUT2D eigenvalue weighted by Gasteiger charge is -2.10. The van der Waals surface area contributed by atoms with Crippen LogP contribution in [0.15, 0.2) is 64.9 Å². The van der Waals surface area contributed by atoms with Gasteiger partial charge in [0.1, 0.15) is 0 Å². The maximum Gasteiger partial charge on any atom is 0.272 e. The van der Waals surface area contributed by atoms with E-state index in [4.69, 9.17) is 0 Å². The number of carbonyl (C=O) groups excluding carboxylic acids is 1. The molecule has 0 aliphatic rings. The lowest BCUT2D eigenvalue weighted by molar-refractivity contribution is -0.385. The summed E-state index contributed by atoms with van der Waals surface area (Å²) in [4.78, 5) is 32.2. The summed E-state index contributed by atoms with van der Waals surface area (Å²) in [7, 11) is 0. The van der Waals surface area contributed by atoms with Crippen molar-refractivity contribution in [3.05, 3.63) is 81.7 Å². The third kappa shape index (κ3) is 4.48. The molecule has 1 heterocycles. The minimum atomic E-state index is -0.464. The quantitative estimate of drug-likeness (QED) is 0.400. The van der Waals surface area contributed by atoms with Gasteiger partial charge in [-0.2, -0.15) is 0 Å². The Labute approximate surface area is 160 Å². The third-order valence-corrected chi connectivity index (χ3v) is 4.74. The average Bonchev–Trinajstić information content (AvgIpc) is 2.64. The van der Waals surface area contributed by atoms with Crippen LogP contribution in [0.3, 0.4) is 0 Å². The van der Waals surface area contributed by atoms with Crippen molar-refractivity contribution in [3.63, 3.8) is 0 Å². The number of aromatic nitrogens is 2. The normalized spacial score (nSPS) is 10.4. The molecule has 0 spiro atoms. The monoisotopic (exact) mass is 380 g/mol. The van der Waals surface area contributed by atoms with Crippen LogP contribution in [0.25, 0.3) is 0 Å². The Morgan fingerprint density at radius 1 is 1.07 bits per heavy atom. The van der Waals surface area contributed by atoms with Gasteiger partial charge in [0.25, 0.3) is 11.6 Å². The Bertz CT molecular complexity index is 1010. The van der Waals surface area contributed by atoms with Crippen LogP contribution in [0.2, 0.25) is 0 Å². The van der Waals surface area contributed by atoms with E-state index >= 15 is 0 Å². The Balaban J connectivity index is 1.74. The van der Waals surface area contributed by atoms with Crippen molar-refractivity contribution < 1.29 is 9.72 Å². The first-order chi connectivity index (χ1) is 12.9. The fraction of sp³-hybridized carbons (Fsp3) is 0.105. The molecule has 0 saturated heterocycles. The van der Waals surface area contributed by atoms with Gasteiger partial charge < -0.3 is 5.32 Å². The molecule has 0 aliphatic heterocycles. The van der Waals surface area contributed by atoms with E-state index in [-0.39, 0.29) is 11.6 Å². The fourth-order valence-electron chi connectivity index (χ4n) is 2.48. The van der Waals surface area contributed by atoms with Crippen LogP contribution in [-0.4, -0.2) is 20.8 Å². The first kappa shape index (κ1) is 18.5. The van der Waals surface area contributed by atoms with Crippen molar-refractivity contribution in [2.45, 2.75) is 23.9 Å². The molecule has 7 nitrogen and oxygen atoms in total. The van der Waals surface area contributed by atoms with E-state index in [9.17, 15) is 14.9 Å². The van der Waals surface area contributed by atoms with E-state index < -0.39 is 4.92 Å². The van der Waals surface area contributed by atoms with Crippen LogP contribution in [0, 0.1) is 24.0 Å². The van der Waals surface area contributed by atoms with E-state index in [1.165, 1.54) is 30.0 Å². The number of amides is 1. The molecule has 0 saturated carbocycles. The molecule has 0 fully saturated rings. The standard InChI is InChI=1S/C19H16N4O3S/c1-12-11-15(27-19-20-8-3-9-21-19)5-6-16(12)22-18(24)14-4-7-17(23(25)26)13(2)10-14/h3-11H,1-2H3,(H,22,24). The fourth-order valence-corrected chi connectivity index (χ4v) is 3.29. The molecule has 0 radical (unpaired) electrons. The minimum absolute atomic E-state index is 0.00719. The highest BCUT2D eigenvalue weighted by Gasteiger charge is 2.14. The number of hydrogen-bond acceptors (Lipinski definition) is 6. The summed E-state index contributed by atoms with van der Waals surface area (Å²) in [5, 5.41) is 14.4. The van der Waals surface area contributed by atoms with Crippen molar-refractivity contribution >= 4 is 29.0 Å². The highest BCUT2D eigenvalue weighted by atomic mass is 32.2. The number of hydrogen-bond donors (Lipinski definition) is 1. The summed E-state index contributed by atoms with van der Waals surface area (Å²) in [6.45, 7) is 3.50. The van der Waals surface area contributed by atoms with Crippen molar-refractivity contribution in [2.24, 2.45) is 0 Å². The van der Waals surface area contributed by atoms with Crippen LogP contribution in [0.4, 0.5) is 11.4 Å². The zero-order valence-corrected chi connectivity index (χ0v) is 15.5. The number of nitrogens with zero attached hydrogens (tertiary/aromatic N) is 3. The molecule has 1 N–H and O–H groups in total. The van der Waals surface area contributed by atoms with Crippen LogP contribution in [-0.2, 0) is 0 Å². The first-order valence-corrected chi connectivity index (χ1v) is 8.87. The molecule has 3 rings (SSSR count). The van der Waals surface area contributed by atoms with E-state index in [1.807, 2.05) is 25.1 Å². The summed E-state index contributed by atoms with van der Waals surface area (Å²) >= 11 is 1.43. The van der Waals surface area contributed by atoms with E-state index in [0.29, 0.717) is 22.0 Å². The zero-order chi connectivity index (χ0) is 19.4. The van der Waals surface area contributed by atoms with Crippen molar-refractivity contribution in [3.8, 4) is 0 Å².